The number of rotatable bonds is 4. The maximum Gasteiger partial charge on any atom is 0.232 e. The lowest BCUT2D eigenvalue weighted by Crippen LogP contribution is -2.40. The van der Waals surface area contributed by atoms with Gasteiger partial charge in [0.15, 0.2) is 5.11 Å². The number of anilines is 3. The molecule has 0 bridgehead atoms. The number of hydrogen-bond donors (Lipinski definition) is 2. The van der Waals surface area contributed by atoms with Crippen molar-refractivity contribution in [3.05, 3.63) is 6.07 Å². The Morgan fingerprint density at radius 3 is 2.03 bits per heavy atom. The van der Waals surface area contributed by atoms with Crippen LogP contribution in [0, 0.1) is 11.8 Å². The van der Waals surface area contributed by atoms with Gasteiger partial charge in [-0.1, -0.05) is 52.4 Å². The second kappa shape index (κ2) is 11.5. The molecule has 6 nitrogen and oxygen atoms in total. The lowest BCUT2D eigenvalue weighted by Gasteiger charge is -2.36. The summed E-state index contributed by atoms with van der Waals surface area (Å²) in [6, 6.07) is 2.68. The zero-order valence-corrected chi connectivity index (χ0v) is 20.9. The fourth-order valence-corrected chi connectivity index (χ4v) is 5.96. The maximum atomic E-state index is 5.69. The largest absolute Gasteiger partial charge is 0.360 e. The van der Waals surface area contributed by atoms with Crippen molar-refractivity contribution in [3.8, 4) is 0 Å². The van der Waals surface area contributed by atoms with Gasteiger partial charge in [0.25, 0.3) is 0 Å². The molecule has 3 aliphatic rings. The predicted octanol–water partition coefficient (Wildman–Crippen LogP) is 5.35. The van der Waals surface area contributed by atoms with Crippen molar-refractivity contribution < 1.29 is 0 Å². The monoisotopic (exact) mass is 458 g/mol. The average molecular weight is 459 g/mol. The minimum absolute atomic E-state index is 0.467. The number of nitrogens with zero attached hydrogens (tertiary/aromatic N) is 4. The van der Waals surface area contributed by atoms with E-state index >= 15 is 0 Å². The van der Waals surface area contributed by atoms with Crippen LogP contribution in [0.15, 0.2) is 6.07 Å². The molecular formula is C25H42N6S. The first kappa shape index (κ1) is 23.5. The molecule has 1 aliphatic carbocycles. The third-order valence-electron chi connectivity index (χ3n) is 7.24. The lowest BCUT2D eigenvalue weighted by atomic mass is 9.92. The van der Waals surface area contributed by atoms with Crippen LogP contribution in [0.1, 0.15) is 84.5 Å². The van der Waals surface area contributed by atoms with Crippen LogP contribution in [0.2, 0.25) is 0 Å². The quantitative estimate of drug-likeness (QED) is 0.466. The van der Waals surface area contributed by atoms with Crippen LogP contribution in [0.5, 0.6) is 0 Å². The number of thiocarbonyl (C=S) groups is 1. The van der Waals surface area contributed by atoms with Crippen LogP contribution in [-0.2, 0) is 0 Å². The Bertz CT molecular complexity index is 730. The molecule has 2 N–H and O–H groups in total. The van der Waals surface area contributed by atoms with E-state index in [1.807, 2.05) is 0 Å². The zero-order valence-electron chi connectivity index (χ0n) is 20.1. The second-order valence-electron chi connectivity index (χ2n) is 10.4. The molecule has 32 heavy (non-hydrogen) atoms. The highest BCUT2D eigenvalue weighted by atomic mass is 32.1. The molecule has 7 heteroatoms. The van der Waals surface area contributed by atoms with Crippen LogP contribution < -0.4 is 20.4 Å². The van der Waals surface area contributed by atoms with Crippen molar-refractivity contribution in [2.45, 2.75) is 90.5 Å². The van der Waals surface area contributed by atoms with E-state index in [2.05, 4.69) is 40.3 Å². The molecule has 0 spiro atoms. The Kier molecular flexibility index (Phi) is 8.44. The van der Waals surface area contributed by atoms with Gasteiger partial charge in [0, 0.05) is 38.3 Å². The maximum absolute atomic E-state index is 5.69. The summed E-state index contributed by atoms with van der Waals surface area (Å²) in [5.41, 5.74) is 0. The summed E-state index contributed by atoms with van der Waals surface area (Å²) in [6.07, 6.45) is 14.1. The minimum Gasteiger partial charge on any atom is -0.360 e. The lowest BCUT2D eigenvalue weighted by molar-refractivity contribution is 0.355. The third-order valence-corrected chi connectivity index (χ3v) is 7.46. The normalized spacial score (nSPS) is 25.7. The van der Waals surface area contributed by atoms with Crippen molar-refractivity contribution >= 4 is 34.9 Å². The van der Waals surface area contributed by atoms with Crippen molar-refractivity contribution in [3.63, 3.8) is 0 Å². The minimum atomic E-state index is 0.467. The highest BCUT2D eigenvalue weighted by Gasteiger charge is 2.25. The van der Waals surface area contributed by atoms with Gasteiger partial charge in [-0.3, -0.25) is 0 Å². The van der Waals surface area contributed by atoms with Gasteiger partial charge in [-0.2, -0.15) is 9.97 Å². The average Bonchev–Trinajstić information content (AvgIpc) is 3.18. The number of hydrogen-bond acceptors (Lipinski definition) is 5. The summed E-state index contributed by atoms with van der Waals surface area (Å²) in [5, 5.41) is 7.56. The van der Waals surface area contributed by atoms with Gasteiger partial charge in [-0.25, -0.2) is 0 Å². The molecule has 3 fully saturated rings. The third kappa shape index (κ3) is 6.69. The molecule has 1 aromatic heterocycles. The molecule has 1 aromatic rings. The van der Waals surface area contributed by atoms with E-state index in [0.29, 0.717) is 28.9 Å². The van der Waals surface area contributed by atoms with Crippen molar-refractivity contribution in [2.75, 3.05) is 41.3 Å². The summed E-state index contributed by atoms with van der Waals surface area (Å²) >= 11 is 5.69. The van der Waals surface area contributed by atoms with Crippen LogP contribution in [0.25, 0.3) is 0 Å². The molecule has 0 aromatic carbocycles. The summed E-state index contributed by atoms with van der Waals surface area (Å²) in [6.45, 7) is 8.98. The Morgan fingerprint density at radius 2 is 1.41 bits per heavy atom. The van der Waals surface area contributed by atoms with Gasteiger partial charge >= 0.3 is 0 Å². The summed E-state index contributed by atoms with van der Waals surface area (Å²) in [5.74, 6) is 4.09. The Labute approximate surface area is 199 Å². The molecule has 3 heterocycles. The molecule has 1 saturated carbocycles. The van der Waals surface area contributed by atoms with E-state index in [9.17, 15) is 0 Å². The molecule has 2 atom stereocenters. The van der Waals surface area contributed by atoms with Gasteiger partial charge in [0.05, 0.1) is 0 Å². The van der Waals surface area contributed by atoms with Gasteiger partial charge < -0.3 is 20.4 Å². The molecule has 2 aliphatic heterocycles. The standard InChI is InChI=1S/C25H42N6S/c1-19-15-20(2)18-31(17-19)23-16-22(30-13-9-5-6-10-14-30)27-24(28-23)29-25(32)26-21-11-7-3-4-8-12-21/h16,19-21H,3-15,17-18H2,1-2H3,(H2,26,27,28,29,32)/t19-,20+. The summed E-state index contributed by atoms with van der Waals surface area (Å²) in [7, 11) is 0. The van der Waals surface area contributed by atoms with E-state index in [1.165, 1.54) is 70.6 Å². The van der Waals surface area contributed by atoms with Crippen LogP contribution >= 0.6 is 12.2 Å². The highest BCUT2D eigenvalue weighted by Crippen LogP contribution is 2.29. The smallest absolute Gasteiger partial charge is 0.232 e. The molecular weight excluding hydrogens is 416 g/mol. The topological polar surface area (TPSA) is 56.3 Å². The van der Waals surface area contributed by atoms with Gasteiger partial charge in [0.2, 0.25) is 5.95 Å². The van der Waals surface area contributed by atoms with Crippen molar-refractivity contribution in [2.24, 2.45) is 11.8 Å². The first-order valence-electron chi connectivity index (χ1n) is 13.0. The van der Waals surface area contributed by atoms with Crippen LogP contribution in [-0.4, -0.2) is 47.3 Å². The van der Waals surface area contributed by atoms with E-state index in [-0.39, 0.29) is 0 Å². The van der Waals surface area contributed by atoms with E-state index in [1.54, 1.807) is 0 Å². The van der Waals surface area contributed by atoms with Crippen molar-refractivity contribution in [1.29, 1.82) is 0 Å². The Morgan fingerprint density at radius 1 is 0.844 bits per heavy atom. The fourth-order valence-electron chi connectivity index (χ4n) is 5.70. The second-order valence-corrected chi connectivity index (χ2v) is 10.9. The van der Waals surface area contributed by atoms with Gasteiger partial charge in [-0.05, 0) is 56.2 Å². The first-order valence-corrected chi connectivity index (χ1v) is 13.4. The summed E-state index contributed by atoms with van der Waals surface area (Å²) < 4.78 is 0. The first-order chi connectivity index (χ1) is 15.6. The molecule has 178 valence electrons. The summed E-state index contributed by atoms with van der Waals surface area (Å²) in [4.78, 5) is 14.8. The number of nitrogens with one attached hydrogen (secondary N) is 2. The highest BCUT2D eigenvalue weighted by molar-refractivity contribution is 7.80. The Hall–Kier alpha value is -1.63. The zero-order chi connectivity index (χ0) is 22.3. The van der Waals surface area contributed by atoms with Gasteiger partial charge in [-0.15, -0.1) is 0 Å². The molecule has 0 unspecified atom stereocenters. The van der Waals surface area contributed by atoms with E-state index in [4.69, 9.17) is 22.2 Å². The molecule has 4 rings (SSSR count). The molecule has 0 radical (unpaired) electrons. The number of aromatic nitrogens is 2. The van der Waals surface area contributed by atoms with Crippen molar-refractivity contribution in [1.82, 2.24) is 15.3 Å². The van der Waals surface area contributed by atoms with E-state index in [0.717, 1.165) is 37.8 Å². The van der Waals surface area contributed by atoms with Gasteiger partial charge in [0.1, 0.15) is 11.6 Å². The van der Waals surface area contributed by atoms with E-state index < -0.39 is 0 Å². The molecule has 2 saturated heterocycles. The fraction of sp³-hybridized carbons (Fsp3) is 0.800. The SMILES string of the molecule is C[C@@H]1C[C@H](C)CN(c2cc(N3CCCCCC3)nc(NC(=S)NC3CCCCCC3)n2)C1. The van der Waals surface area contributed by atoms with Crippen LogP contribution in [0.3, 0.4) is 0 Å². The number of piperidine rings is 1. The Balaban J connectivity index is 1.52. The predicted molar refractivity (Wildman–Crippen MR) is 139 cm³/mol. The molecule has 0 amide bonds. The van der Waals surface area contributed by atoms with Crippen LogP contribution in [0.4, 0.5) is 17.6 Å².